The lowest BCUT2D eigenvalue weighted by Gasteiger charge is -2.30. The molecule has 20 heavy (non-hydrogen) atoms. The van der Waals surface area contributed by atoms with Crippen molar-refractivity contribution in [2.45, 2.75) is 40.2 Å². The fourth-order valence-corrected chi connectivity index (χ4v) is 2.61. The minimum Gasteiger partial charge on any atom is -0.352 e. The molecule has 2 heterocycles. The highest BCUT2D eigenvalue weighted by Crippen LogP contribution is 2.18. The number of nitrogens with zero attached hydrogens (tertiary/aromatic N) is 2. The number of H-pyrrole nitrogens is 1. The van der Waals surface area contributed by atoms with E-state index in [1.54, 1.807) is 11.8 Å². The lowest BCUT2D eigenvalue weighted by molar-refractivity contribution is -0.134. The first kappa shape index (κ1) is 14.6. The van der Waals surface area contributed by atoms with Gasteiger partial charge in [-0.25, -0.2) is 0 Å². The SMILES string of the molecule is CC(=O)N1CCC(C(=O)NCc2c(C)n[nH]c2C)CC1. The van der Waals surface area contributed by atoms with E-state index >= 15 is 0 Å². The fourth-order valence-electron chi connectivity index (χ4n) is 2.61. The molecule has 1 aromatic heterocycles. The summed E-state index contributed by atoms with van der Waals surface area (Å²) in [5.74, 6) is 0.180. The Labute approximate surface area is 118 Å². The van der Waals surface area contributed by atoms with Gasteiger partial charge in [0, 0.05) is 43.7 Å². The molecule has 0 radical (unpaired) electrons. The zero-order chi connectivity index (χ0) is 14.7. The van der Waals surface area contributed by atoms with Crippen molar-refractivity contribution in [1.82, 2.24) is 20.4 Å². The Balaban J connectivity index is 1.83. The van der Waals surface area contributed by atoms with Gasteiger partial charge in [0.2, 0.25) is 11.8 Å². The predicted octanol–water partition coefficient (Wildman–Crippen LogP) is 0.901. The second-order valence-electron chi connectivity index (χ2n) is 5.41. The molecule has 1 fully saturated rings. The van der Waals surface area contributed by atoms with E-state index in [1.807, 2.05) is 13.8 Å². The molecule has 1 aliphatic heterocycles. The number of aromatic nitrogens is 2. The van der Waals surface area contributed by atoms with Crippen LogP contribution < -0.4 is 5.32 Å². The lowest BCUT2D eigenvalue weighted by atomic mass is 9.96. The number of nitrogens with one attached hydrogen (secondary N) is 2. The van der Waals surface area contributed by atoms with E-state index in [9.17, 15) is 9.59 Å². The number of amides is 2. The molecule has 0 atom stereocenters. The smallest absolute Gasteiger partial charge is 0.223 e. The number of carbonyl (C=O) groups is 2. The van der Waals surface area contributed by atoms with Crippen molar-refractivity contribution in [1.29, 1.82) is 0 Å². The number of piperidine rings is 1. The highest BCUT2D eigenvalue weighted by molar-refractivity contribution is 5.79. The van der Waals surface area contributed by atoms with E-state index in [0.717, 1.165) is 29.8 Å². The molecule has 6 heteroatoms. The van der Waals surface area contributed by atoms with Gasteiger partial charge in [0.15, 0.2) is 0 Å². The number of aryl methyl sites for hydroxylation is 2. The van der Waals surface area contributed by atoms with E-state index in [1.165, 1.54) is 0 Å². The Morgan fingerprint density at radius 2 is 2.00 bits per heavy atom. The largest absolute Gasteiger partial charge is 0.352 e. The average Bonchev–Trinajstić information content (AvgIpc) is 2.75. The van der Waals surface area contributed by atoms with Gasteiger partial charge in [-0.1, -0.05) is 0 Å². The zero-order valence-electron chi connectivity index (χ0n) is 12.3. The summed E-state index contributed by atoms with van der Waals surface area (Å²) in [5, 5.41) is 10.0. The number of rotatable bonds is 3. The Kier molecular flexibility index (Phi) is 4.42. The Bertz CT molecular complexity index is 482. The molecule has 0 aromatic carbocycles. The quantitative estimate of drug-likeness (QED) is 0.862. The molecular weight excluding hydrogens is 256 g/mol. The van der Waals surface area contributed by atoms with Crippen LogP contribution in [0.25, 0.3) is 0 Å². The van der Waals surface area contributed by atoms with Crippen molar-refractivity contribution in [3.8, 4) is 0 Å². The first-order chi connectivity index (χ1) is 9.49. The maximum atomic E-state index is 12.1. The van der Waals surface area contributed by atoms with Crippen LogP contribution >= 0.6 is 0 Å². The summed E-state index contributed by atoms with van der Waals surface area (Å²) in [7, 11) is 0. The van der Waals surface area contributed by atoms with Crippen LogP contribution in [0.4, 0.5) is 0 Å². The molecule has 1 saturated heterocycles. The first-order valence-electron chi connectivity index (χ1n) is 7.02. The topological polar surface area (TPSA) is 78.1 Å². The van der Waals surface area contributed by atoms with E-state index in [2.05, 4.69) is 15.5 Å². The van der Waals surface area contributed by atoms with Crippen LogP contribution in [-0.4, -0.2) is 40.0 Å². The standard InChI is InChI=1S/C14H22N4O2/c1-9-13(10(2)17-16-9)8-15-14(20)12-4-6-18(7-5-12)11(3)19/h12H,4-8H2,1-3H3,(H,15,20)(H,16,17). The molecule has 2 N–H and O–H groups in total. The van der Waals surface area contributed by atoms with Crippen LogP contribution in [0.2, 0.25) is 0 Å². The van der Waals surface area contributed by atoms with Gasteiger partial charge >= 0.3 is 0 Å². The van der Waals surface area contributed by atoms with E-state index in [-0.39, 0.29) is 17.7 Å². The van der Waals surface area contributed by atoms with Crippen LogP contribution in [0, 0.1) is 19.8 Å². The van der Waals surface area contributed by atoms with Gasteiger partial charge in [0.05, 0.1) is 5.69 Å². The molecule has 0 aliphatic carbocycles. The van der Waals surface area contributed by atoms with Gasteiger partial charge in [-0.2, -0.15) is 5.10 Å². The van der Waals surface area contributed by atoms with Crippen LogP contribution in [-0.2, 0) is 16.1 Å². The van der Waals surface area contributed by atoms with Gasteiger partial charge in [0.25, 0.3) is 0 Å². The molecule has 2 rings (SSSR count). The number of likely N-dealkylation sites (tertiary alicyclic amines) is 1. The zero-order valence-corrected chi connectivity index (χ0v) is 12.3. The maximum absolute atomic E-state index is 12.1. The van der Waals surface area contributed by atoms with Gasteiger partial charge < -0.3 is 10.2 Å². The number of hydrogen-bond donors (Lipinski definition) is 2. The van der Waals surface area contributed by atoms with Crippen LogP contribution in [0.15, 0.2) is 0 Å². The molecule has 2 amide bonds. The molecule has 0 spiro atoms. The summed E-state index contributed by atoms with van der Waals surface area (Å²) >= 11 is 0. The van der Waals surface area contributed by atoms with Gasteiger partial charge in [0.1, 0.15) is 0 Å². The van der Waals surface area contributed by atoms with Crippen LogP contribution in [0.5, 0.6) is 0 Å². The van der Waals surface area contributed by atoms with Crippen LogP contribution in [0.3, 0.4) is 0 Å². The number of aromatic amines is 1. The highest BCUT2D eigenvalue weighted by Gasteiger charge is 2.25. The number of carbonyl (C=O) groups excluding carboxylic acids is 2. The molecule has 6 nitrogen and oxygen atoms in total. The van der Waals surface area contributed by atoms with E-state index in [0.29, 0.717) is 19.6 Å². The minimum absolute atomic E-state index is 0.0121. The van der Waals surface area contributed by atoms with Crippen LogP contribution in [0.1, 0.15) is 36.7 Å². The van der Waals surface area contributed by atoms with Gasteiger partial charge in [-0.3, -0.25) is 14.7 Å². The Hall–Kier alpha value is -1.85. The van der Waals surface area contributed by atoms with E-state index in [4.69, 9.17) is 0 Å². The summed E-state index contributed by atoms with van der Waals surface area (Å²) in [6.07, 6.45) is 1.49. The predicted molar refractivity (Wildman–Crippen MR) is 74.9 cm³/mol. The Morgan fingerprint density at radius 3 is 2.50 bits per heavy atom. The third-order valence-corrected chi connectivity index (χ3v) is 4.03. The highest BCUT2D eigenvalue weighted by atomic mass is 16.2. The number of hydrogen-bond acceptors (Lipinski definition) is 3. The van der Waals surface area contributed by atoms with Crippen molar-refractivity contribution >= 4 is 11.8 Å². The summed E-state index contributed by atoms with van der Waals surface area (Å²) < 4.78 is 0. The minimum atomic E-state index is 0.0121. The summed E-state index contributed by atoms with van der Waals surface area (Å²) in [6, 6.07) is 0. The molecule has 1 aromatic rings. The van der Waals surface area contributed by atoms with Crippen molar-refractivity contribution in [3.63, 3.8) is 0 Å². The van der Waals surface area contributed by atoms with Crippen molar-refractivity contribution in [2.75, 3.05) is 13.1 Å². The van der Waals surface area contributed by atoms with E-state index < -0.39 is 0 Å². The molecule has 1 aliphatic rings. The van der Waals surface area contributed by atoms with Gasteiger partial charge in [-0.05, 0) is 26.7 Å². The van der Waals surface area contributed by atoms with Gasteiger partial charge in [-0.15, -0.1) is 0 Å². The summed E-state index contributed by atoms with van der Waals surface area (Å²) in [5.41, 5.74) is 2.97. The third kappa shape index (κ3) is 3.18. The summed E-state index contributed by atoms with van der Waals surface area (Å²) in [4.78, 5) is 25.2. The van der Waals surface area contributed by atoms with Crippen molar-refractivity contribution in [3.05, 3.63) is 17.0 Å². The third-order valence-electron chi connectivity index (χ3n) is 4.03. The average molecular weight is 278 g/mol. The molecule has 0 saturated carbocycles. The monoisotopic (exact) mass is 278 g/mol. The molecule has 110 valence electrons. The lowest BCUT2D eigenvalue weighted by Crippen LogP contribution is -2.42. The molecular formula is C14H22N4O2. The first-order valence-corrected chi connectivity index (χ1v) is 7.02. The van der Waals surface area contributed by atoms with Crippen molar-refractivity contribution in [2.24, 2.45) is 5.92 Å². The fraction of sp³-hybridized carbons (Fsp3) is 0.643. The second kappa shape index (κ2) is 6.07. The second-order valence-corrected chi connectivity index (χ2v) is 5.41. The summed E-state index contributed by atoms with van der Waals surface area (Å²) in [6.45, 7) is 7.32. The normalized spacial score (nSPS) is 16.2. The van der Waals surface area contributed by atoms with Crippen molar-refractivity contribution < 1.29 is 9.59 Å². The Morgan fingerprint density at radius 1 is 1.35 bits per heavy atom. The maximum Gasteiger partial charge on any atom is 0.223 e. The molecule has 0 bridgehead atoms. The molecule has 0 unspecified atom stereocenters.